The van der Waals surface area contributed by atoms with Gasteiger partial charge in [0, 0.05) is 23.8 Å². The first kappa shape index (κ1) is 23.7. The summed E-state index contributed by atoms with van der Waals surface area (Å²) in [5.74, 6) is -0.247. The van der Waals surface area contributed by atoms with Crippen LogP contribution >= 0.6 is 0 Å². The van der Waals surface area contributed by atoms with Crippen molar-refractivity contribution in [2.24, 2.45) is 5.73 Å². The normalized spacial score (nSPS) is 18.6. The van der Waals surface area contributed by atoms with E-state index in [4.69, 9.17) is 10.7 Å². The fraction of sp³-hybridized carbons (Fsp3) is 0.500. The Kier molecular flexibility index (Phi) is 6.60. The number of nitrogens with zero attached hydrogens (tertiary/aromatic N) is 4. The lowest BCUT2D eigenvalue weighted by atomic mass is 9.91. The predicted molar refractivity (Wildman–Crippen MR) is 131 cm³/mol. The maximum absolute atomic E-state index is 11.5. The molecule has 34 heavy (non-hydrogen) atoms. The number of rotatable bonds is 7. The Labute approximate surface area is 198 Å². The average molecular weight is 468 g/mol. The smallest absolute Gasteiger partial charge is 0.339 e. The number of carboxylic acid groups (broad SMARTS) is 1. The van der Waals surface area contributed by atoms with Crippen LogP contribution in [0.5, 0.6) is 5.75 Å². The standard InChI is InChI=1S/C24H33N7O3/c1-12(2)19-21-20(30-29-19)22(26-14-9-10-18(32)15(11-14)23(33)34)28-24(31(21)13(3)4)27-17-8-6-5-7-16(17)25/h9-13,16-17,26,32H,5-8,25H2,1-4H3,(H,27,28)(H,33,34). The molecule has 1 aromatic rings. The Morgan fingerprint density at radius 1 is 1.18 bits per heavy atom. The molecule has 0 aromatic heterocycles. The zero-order valence-corrected chi connectivity index (χ0v) is 20.0. The second kappa shape index (κ2) is 9.46. The first-order valence-corrected chi connectivity index (χ1v) is 11.8. The van der Waals surface area contributed by atoms with Crippen LogP contribution in [0, 0.1) is 0 Å². The van der Waals surface area contributed by atoms with Crippen molar-refractivity contribution >= 4 is 23.4 Å². The molecule has 1 aromatic carbocycles. The molecule has 182 valence electrons. The number of aromatic hydroxyl groups is 1. The van der Waals surface area contributed by atoms with Gasteiger partial charge in [0.05, 0.1) is 11.4 Å². The fourth-order valence-electron chi connectivity index (χ4n) is 4.54. The monoisotopic (exact) mass is 467 g/mol. The van der Waals surface area contributed by atoms with Gasteiger partial charge in [-0.15, -0.1) is 5.10 Å². The van der Waals surface area contributed by atoms with Crippen LogP contribution in [0.25, 0.3) is 11.4 Å². The molecule has 0 amide bonds. The van der Waals surface area contributed by atoms with Crippen molar-refractivity contribution in [2.45, 2.75) is 77.4 Å². The lowest BCUT2D eigenvalue weighted by Crippen LogP contribution is -2.43. The van der Waals surface area contributed by atoms with Gasteiger partial charge in [0.15, 0.2) is 11.5 Å². The molecule has 0 bridgehead atoms. The summed E-state index contributed by atoms with van der Waals surface area (Å²) in [6.07, 6.45) is 4.18. The summed E-state index contributed by atoms with van der Waals surface area (Å²) >= 11 is 0. The van der Waals surface area contributed by atoms with Crippen molar-refractivity contribution in [3.05, 3.63) is 29.5 Å². The maximum Gasteiger partial charge on any atom is 0.339 e. The minimum Gasteiger partial charge on any atom is -0.507 e. The summed E-state index contributed by atoms with van der Waals surface area (Å²) < 4.78 is 2.12. The number of anilines is 3. The molecule has 0 spiro atoms. The van der Waals surface area contributed by atoms with Crippen molar-refractivity contribution in [3.8, 4) is 17.1 Å². The molecule has 2 unspecified atom stereocenters. The van der Waals surface area contributed by atoms with E-state index in [-0.39, 0.29) is 35.4 Å². The highest BCUT2D eigenvalue weighted by Crippen LogP contribution is 2.39. The Morgan fingerprint density at radius 2 is 1.91 bits per heavy atom. The number of phenols is 1. The minimum atomic E-state index is -1.21. The van der Waals surface area contributed by atoms with Crippen LogP contribution in [-0.4, -0.2) is 48.0 Å². The maximum atomic E-state index is 11.5. The molecule has 1 aliphatic carbocycles. The van der Waals surface area contributed by atoms with Gasteiger partial charge >= 0.3 is 5.97 Å². The van der Waals surface area contributed by atoms with E-state index in [0.717, 1.165) is 37.1 Å². The van der Waals surface area contributed by atoms with E-state index < -0.39 is 5.97 Å². The number of hydrogen-bond acceptors (Lipinski definition) is 8. The number of carbonyl (C=O) groups is 1. The van der Waals surface area contributed by atoms with Crippen LogP contribution in [0.4, 0.5) is 17.5 Å². The number of fused-ring (bicyclic) bond motifs is 1. The lowest BCUT2D eigenvalue weighted by molar-refractivity contribution is 0.0694. The van der Waals surface area contributed by atoms with Crippen LogP contribution in [-0.2, 0) is 0 Å². The van der Waals surface area contributed by atoms with Gasteiger partial charge in [0.2, 0.25) is 5.95 Å². The molecule has 6 N–H and O–H groups in total. The molecule has 2 aliphatic heterocycles. The molecule has 0 saturated heterocycles. The molecule has 0 radical (unpaired) electrons. The Hall–Kier alpha value is -3.40. The zero-order valence-electron chi connectivity index (χ0n) is 20.0. The molecule has 4 rings (SSSR count). The van der Waals surface area contributed by atoms with Gasteiger partial charge in [0.1, 0.15) is 11.3 Å². The highest BCUT2D eigenvalue weighted by Gasteiger charge is 2.30. The third-order valence-electron chi connectivity index (χ3n) is 6.32. The summed E-state index contributed by atoms with van der Waals surface area (Å²) in [6, 6.07) is 4.54. The summed E-state index contributed by atoms with van der Waals surface area (Å²) in [4.78, 5) is 16.4. The van der Waals surface area contributed by atoms with Gasteiger partial charge in [-0.2, -0.15) is 10.1 Å². The second-order valence-electron chi connectivity index (χ2n) is 9.55. The molecule has 10 nitrogen and oxygen atoms in total. The summed E-state index contributed by atoms with van der Waals surface area (Å²) in [6.45, 7) is 8.34. The van der Waals surface area contributed by atoms with E-state index in [1.165, 1.54) is 12.1 Å². The largest absolute Gasteiger partial charge is 0.507 e. The minimum absolute atomic E-state index is 0.0407. The molecular formula is C24H33N7O3. The number of hydrogen-bond donors (Lipinski definition) is 5. The summed E-state index contributed by atoms with van der Waals surface area (Å²) in [7, 11) is 0. The molecule has 3 aliphatic rings. The highest BCUT2D eigenvalue weighted by atomic mass is 16.4. The number of aromatic nitrogens is 4. The quantitative estimate of drug-likeness (QED) is 0.320. The van der Waals surface area contributed by atoms with Crippen LogP contribution < -0.4 is 16.4 Å². The molecule has 10 heteroatoms. The molecule has 1 fully saturated rings. The second-order valence-corrected chi connectivity index (χ2v) is 9.55. The number of carboxylic acids is 1. The van der Waals surface area contributed by atoms with Gasteiger partial charge < -0.3 is 31.1 Å². The summed E-state index contributed by atoms with van der Waals surface area (Å²) in [5.41, 5.74) is 9.04. The molecule has 2 atom stereocenters. The van der Waals surface area contributed by atoms with Crippen molar-refractivity contribution in [3.63, 3.8) is 0 Å². The van der Waals surface area contributed by atoms with Gasteiger partial charge in [-0.25, -0.2) is 4.79 Å². The fourth-order valence-corrected chi connectivity index (χ4v) is 4.54. The number of nitrogens with two attached hydrogens (primary N) is 1. The lowest BCUT2D eigenvalue weighted by Gasteiger charge is -2.32. The zero-order chi connectivity index (χ0) is 24.6. The molecular weight excluding hydrogens is 434 g/mol. The number of nitrogens with one attached hydrogen (secondary N) is 2. The van der Waals surface area contributed by atoms with Crippen molar-refractivity contribution in [1.82, 2.24) is 19.7 Å². The summed E-state index contributed by atoms with van der Waals surface area (Å²) in [5, 5.41) is 35.0. The predicted octanol–water partition coefficient (Wildman–Crippen LogP) is 4.31. The number of aromatic carboxylic acids is 1. The van der Waals surface area contributed by atoms with Crippen LogP contribution in [0.1, 0.15) is 81.4 Å². The first-order valence-electron chi connectivity index (χ1n) is 11.8. The van der Waals surface area contributed by atoms with Crippen molar-refractivity contribution in [1.29, 1.82) is 0 Å². The average Bonchev–Trinajstić information content (AvgIpc) is 3.21. The van der Waals surface area contributed by atoms with E-state index in [2.05, 4.69) is 53.1 Å². The van der Waals surface area contributed by atoms with Gasteiger partial charge in [-0.05, 0) is 50.8 Å². The van der Waals surface area contributed by atoms with E-state index in [0.29, 0.717) is 23.1 Å². The Bertz CT molecular complexity index is 1160. The van der Waals surface area contributed by atoms with E-state index >= 15 is 0 Å². The number of benzene rings is 1. The van der Waals surface area contributed by atoms with E-state index in [9.17, 15) is 15.0 Å². The van der Waals surface area contributed by atoms with Crippen LogP contribution in [0.3, 0.4) is 0 Å². The van der Waals surface area contributed by atoms with Crippen LogP contribution in [0.2, 0.25) is 0 Å². The first-order chi connectivity index (χ1) is 16.2. The van der Waals surface area contributed by atoms with Crippen LogP contribution in [0.15, 0.2) is 18.2 Å². The van der Waals surface area contributed by atoms with Gasteiger partial charge in [-0.1, -0.05) is 26.7 Å². The van der Waals surface area contributed by atoms with E-state index in [1.54, 1.807) is 6.07 Å². The van der Waals surface area contributed by atoms with Crippen molar-refractivity contribution < 1.29 is 15.0 Å². The van der Waals surface area contributed by atoms with Gasteiger partial charge in [0.25, 0.3) is 0 Å². The SMILES string of the molecule is CC(C)c1nnc2c(Nc3ccc(O)c(C(=O)O)c3)nc(NC3CCCCC3N)n(C(C)C)c1-2. The third-order valence-corrected chi connectivity index (χ3v) is 6.32. The molecule has 1 saturated carbocycles. The van der Waals surface area contributed by atoms with Gasteiger partial charge in [-0.3, -0.25) is 0 Å². The van der Waals surface area contributed by atoms with E-state index in [1.807, 2.05) is 0 Å². The topological polar surface area (TPSA) is 151 Å². The third kappa shape index (κ3) is 4.50. The Morgan fingerprint density at radius 3 is 2.56 bits per heavy atom. The molecule has 2 heterocycles. The van der Waals surface area contributed by atoms with Crippen molar-refractivity contribution in [2.75, 3.05) is 10.6 Å². The highest BCUT2D eigenvalue weighted by molar-refractivity contribution is 5.92. The Balaban J connectivity index is 1.85.